The summed E-state index contributed by atoms with van der Waals surface area (Å²) in [5.74, 6) is 2.55. The highest BCUT2D eigenvalue weighted by Gasteiger charge is 2.21. The predicted molar refractivity (Wildman–Crippen MR) is 56.7 cm³/mol. The molecule has 1 heterocycles. The molecule has 0 N–H and O–H groups in total. The van der Waals surface area contributed by atoms with Crippen molar-refractivity contribution in [3.05, 3.63) is 0 Å². The van der Waals surface area contributed by atoms with Crippen LogP contribution in [0.4, 0.5) is 0 Å². The van der Waals surface area contributed by atoms with E-state index in [1.165, 1.54) is 50.7 Å². The molecule has 70 valence electrons. The van der Waals surface area contributed by atoms with E-state index < -0.39 is 0 Å². The molecule has 1 aliphatic heterocycles. The molecule has 1 heteroatoms. The summed E-state index contributed by atoms with van der Waals surface area (Å²) in [5.41, 5.74) is 0. The van der Waals surface area contributed by atoms with E-state index in [-0.39, 0.29) is 0 Å². The van der Waals surface area contributed by atoms with Crippen molar-refractivity contribution in [1.82, 2.24) is 0 Å². The molecule has 0 bridgehead atoms. The minimum Gasteiger partial charge on any atom is -0.159 e. The van der Waals surface area contributed by atoms with Crippen molar-refractivity contribution in [2.45, 2.75) is 56.6 Å². The third-order valence-corrected chi connectivity index (χ3v) is 4.77. The van der Waals surface area contributed by atoms with E-state index in [1.807, 2.05) is 0 Å². The number of hydrogen-bond donors (Lipinski definition) is 0. The van der Waals surface area contributed by atoms with Crippen molar-refractivity contribution < 1.29 is 0 Å². The van der Waals surface area contributed by atoms with Gasteiger partial charge < -0.3 is 0 Å². The molecule has 1 saturated heterocycles. The Labute approximate surface area is 80.5 Å². The number of hydrogen-bond acceptors (Lipinski definition) is 1. The fourth-order valence-corrected chi connectivity index (χ4v) is 4.03. The predicted octanol–water partition coefficient (Wildman–Crippen LogP) is 3.85. The lowest BCUT2D eigenvalue weighted by Crippen LogP contribution is -2.11. The van der Waals surface area contributed by atoms with Crippen molar-refractivity contribution in [3.63, 3.8) is 0 Å². The lowest BCUT2D eigenvalue weighted by molar-refractivity contribution is 0.335. The first-order valence-corrected chi connectivity index (χ1v) is 6.61. The minimum atomic E-state index is 1.05. The van der Waals surface area contributed by atoms with Gasteiger partial charge in [0.1, 0.15) is 0 Å². The van der Waals surface area contributed by atoms with Crippen LogP contribution in [0.3, 0.4) is 0 Å². The Hall–Kier alpha value is 0.350. The quantitative estimate of drug-likeness (QED) is 0.628. The molecule has 1 unspecified atom stereocenters. The van der Waals surface area contributed by atoms with Crippen LogP contribution in [0.1, 0.15) is 51.4 Å². The molecule has 0 spiro atoms. The molecule has 0 aromatic heterocycles. The van der Waals surface area contributed by atoms with Crippen LogP contribution in [0.15, 0.2) is 0 Å². The molecule has 2 rings (SSSR count). The summed E-state index contributed by atoms with van der Waals surface area (Å²) in [6.07, 6.45) is 12.2. The second-order valence-corrected chi connectivity index (χ2v) is 5.78. The van der Waals surface area contributed by atoms with Crippen LogP contribution in [0.5, 0.6) is 0 Å². The van der Waals surface area contributed by atoms with Crippen LogP contribution in [0, 0.1) is 5.92 Å². The summed E-state index contributed by atoms with van der Waals surface area (Å²) in [4.78, 5) is 0. The van der Waals surface area contributed by atoms with Gasteiger partial charge in [-0.3, -0.25) is 0 Å². The Morgan fingerprint density at radius 2 is 1.75 bits per heavy atom. The second kappa shape index (κ2) is 4.55. The lowest BCUT2D eigenvalue weighted by atomic mass is 9.85. The third-order valence-electron chi connectivity index (χ3n) is 3.34. The molecule has 12 heavy (non-hydrogen) atoms. The van der Waals surface area contributed by atoms with Gasteiger partial charge in [0.05, 0.1) is 0 Å². The standard InChI is InChI=1S/C11H20S/c1-2-5-10(6-3-1)9-11-7-4-8-12-11/h10-11H,1-9H2. The zero-order valence-corrected chi connectivity index (χ0v) is 8.74. The Bertz CT molecular complexity index is 121. The molecule has 2 fully saturated rings. The van der Waals surface area contributed by atoms with Crippen LogP contribution >= 0.6 is 11.8 Å². The Morgan fingerprint density at radius 3 is 2.42 bits per heavy atom. The molecule has 1 saturated carbocycles. The normalized spacial score (nSPS) is 32.5. The fourth-order valence-electron chi connectivity index (χ4n) is 2.62. The average molecular weight is 184 g/mol. The van der Waals surface area contributed by atoms with Crippen LogP contribution in [-0.2, 0) is 0 Å². The highest BCUT2D eigenvalue weighted by molar-refractivity contribution is 8.00. The van der Waals surface area contributed by atoms with Gasteiger partial charge in [-0.1, -0.05) is 32.1 Å². The zero-order chi connectivity index (χ0) is 8.23. The van der Waals surface area contributed by atoms with Gasteiger partial charge in [0.15, 0.2) is 0 Å². The van der Waals surface area contributed by atoms with Gasteiger partial charge in [-0.15, -0.1) is 0 Å². The van der Waals surface area contributed by atoms with Gasteiger partial charge in [-0.05, 0) is 30.9 Å². The topological polar surface area (TPSA) is 0 Å². The van der Waals surface area contributed by atoms with E-state index in [2.05, 4.69) is 11.8 Å². The van der Waals surface area contributed by atoms with Crippen molar-refractivity contribution >= 4 is 11.8 Å². The second-order valence-electron chi connectivity index (χ2n) is 4.37. The van der Waals surface area contributed by atoms with E-state index in [4.69, 9.17) is 0 Å². The Kier molecular flexibility index (Phi) is 3.38. The van der Waals surface area contributed by atoms with Crippen LogP contribution < -0.4 is 0 Å². The number of rotatable bonds is 2. The third kappa shape index (κ3) is 2.42. The maximum absolute atomic E-state index is 2.24. The summed E-state index contributed by atoms with van der Waals surface area (Å²) >= 11 is 2.24. The molecule has 0 aromatic carbocycles. The smallest absolute Gasteiger partial charge is 0.00499 e. The Morgan fingerprint density at radius 1 is 0.917 bits per heavy atom. The summed E-state index contributed by atoms with van der Waals surface area (Å²) in [6.45, 7) is 0. The highest BCUT2D eigenvalue weighted by Crippen LogP contribution is 2.35. The molecule has 2 aliphatic rings. The highest BCUT2D eigenvalue weighted by atomic mass is 32.2. The maximum Gasteiger partial charge on any atom is 0.00499 e. The summed E-state index contributed by atoms with van der Waals surface area (Å²) in [7, 11) is 0. The lowest BCUT2D eigenvalue weighted by Gasteiger charge is -2.23. The average Bonchev–Trinajstić information content (AvgIpc) is 2.59. The first-order chi connectivity index (χ1) is 5.95. The van der Waals surface area contributed by atoms with Crippen molar-refractivity contribution in [2.24, 2.45) is 5.92 Å². The fraction of sp³-hybridized carbons (Fsp3) is 1.00. The first kappa shape index (κ1) is 8.93. The minimum absolute atomic E-state index is 1.05. The van der Waals surface area contributed by atoms with E-state index in [0.717, 1.165) is 11.2 Å². The maximum atomic E-state index is 2.24. The van der Waals surface area contributed by atoms with E-state index >= 15 is 0 Å². The zero-order valence-electron chi connectivity index (χ0n) is 7.93. The summed E-state index contributed by atoms with van der Waals surface area (Å²) in [5, 5.41) is 1.05. The van der Waals surface area contributed by atoms with Crippen molar-refractivity contribution in [2.75, 3.05) is 5.75 Å². The van der Waals surface area contributed by atoms with E-state index in [1.54, 1.807) is 6.42 Å². The van der Waals surface area contributed by atoms with Gasteiger partial charge in [0.25, 0.3) is 0 Å². The molecular formula is C11H20S. The van der Waals surface area contributed by atoms with Gasteiger partial charge in [-0.25, -0.2) is 0 Å². The number of thioether (sulfide) groups is 1. The largest absolute Gasteiger partial charge is 0.159 e. The molecular weight excluding hydrogens is 164 g/mol. The molecule has 0 aromatic rings. The molecule has 0 nitrogen and oxygen atoms in total. The van der Waals surface area contributed by atoms with Crippen molar-refractivity contribution in [3.8, 4) is 0 Å². The van der Waals surface area contributed by atoms with E-state index in [0.29, 0.717) is 0 Å². The van der Waals surface area contributed by atoms with Crippen molar-refractivity contribution in [1.29, 1.82) is 0 Å². The monoisotopic (exact) mass is 184 g/mol. The van der Waals surface area contributed by atoms with Gasteiger partial charge in [-0.2, -0.15) is 11.8 Å². The molecule has 1 aliphatic carbocycles. The Balaban J connectivity index is 1.69. The summed E-state index contributed by atoms with van der Waals surface area (Å²) < 4.78 is 0. The first-order valence-electron chi connectivity index (χ1n) is 5.57. The molecule has 1 atom stereocenters. The summed E-state index contributed by atoms with van der Waals surface area (Å²) in [6, 6.07) is 0. The van der Waals surface area contributed by atoms with E-state index in [9.17, 15) is 0 Å². The molecule has 0 amide bonds. The van der Waals surface area contributed by atoms with Crippen LogP contribution in [0.2, 0.25) is 0 Å². The van der Waals surface area contributed by atoms with Gasteiger partial charge in [0.2, 0.25) is 0 Å². The van der Waals surface area contributed by atoms with Crippen LogP contribution in [0.25, 0.3) is 0 Å². The molecule has 0 radical (unpaired) electrons. The van der Waals surface area contributed by atoms with Gasteiger partial charge in [0, 0.05) is 5.25 Å². The SMILES string of the molecule is C1CCC(CC2CCCS2)CC1. The van der Waals surface area contributed by atoms with Gasteiger partial charge >= 0.3 is 0 Å². The van der Waals surface area contributed by atoms with Crippen LogP contribution in [-0.4, -0.2) is 11.0 Å².